The minimum Gasteiger partial charge on any atom is -0.378 e. The Morgan fingerprint density at radius 3 is 2.31 bits per heavy atom. The highest BCUT2D eigenvalue weighted by molar-refractivity contribution is 4.78. The van der Waals surface area contributed by atoms with Gasteiger partial charge >= 0.3 is 0 Å². The normalized spacial score (nSPS) is 18.4. The van der Waals surface area contributed by atoms with Gasteiger partial charge in [-0.1, -0.05) is 52.4 Å². The minimum atomic E-state index is 0.593. The molecule has 1 aliphatic rings. The smallest absolute Gasteiger partial charge is 0.0603 e. The third-order valence-electron chi connectivity index (χ3n) is 3.85. The fourth-order valence-electron chi connectivity index (χ4n) is 2.44. The SMILES string of the molecule is CCCCCCOC(CCCC)C1CCC1. The Labute approximate surface area is 102 Å². The average Bonchev–Trinajstić information content (AvgIpc) is 2.22. The van der Waals surface area contributed by atoms with Crippen LogP contribution < -0.4 is 0 Å². The van der Waals surface area contributed by atoms with Crippen molar-refractivity contribution in [1.82, 2.24) is 0 Å². The van der Waals surface area contributed by atoms with Crippen LogP contribution >= 0.6 is 0 Å². The molecule has 0 aliphatic heterocycles. The molecule has 0 aromatic carbocycles. The van der Waals surface area contributed by atoms with Crippen LogP contribution in [0.4, 0.5) is 0 Å². The van der Waals surface area contributed by atoms with Gasteiger partial charge in [-0.15, -0.1) is 0 Å². The number of ether oxygens (including phenoxy) is 1. The first kappa shape index (κ1) is 14.0. The third kappa shape index (κ3) is 5.34. The van der Waals surface area contributed by atoms with Gasteiger partial charge in [0.05, 0.1) is 6.10 Å². The topological polar surface area (TPSA) is 9.23 Å². The molecular formula is C15H30O. The van der Waals surface area contributed by atoms with E-state index in [1.165, 1.54) is 64.2 Å². The summed E-state index contributed by atoms with van der Waals surface area (Å²) in [5, 5.41) is 0. The molecule has 1 nitrogen and oxygen atoms in total. The molecule has 1 rings (SSSR count). The quantitative estimate of drug-likeness (QED) is 0.479. The Balaban J connectivity index is 2.06. The Morgan fingerprint density at radius 2 is 1.75 bits per heavy atom. The summed E-state index contributed by atoms with van der Waals surface area (Å²) in [5.41, 5.74) is 0. The van der Waals surface area contributed by atoms with E-state index in [9.17, 15) is 0 Å². The molecule has 1 aliphatic carbocycles. The molecule has 16 heavy (non-hydrogen) atoms. The van der Waals surface area contributed by atoms with Crippen molar-refractivity contribution in [3.8, 4) is 0 Å². The van der Waals surface area contributed by atoms with Crippen molar-refractivity contribution in [2.45, 2.75) is 84.2 Å². The van der Waals surface area contributed by atoms with Gasteiger partial charge in [-0.3, -0.25) is 0 Å². The Bertz CT molecular complexity index is 152. The second-order valence-electron chi connectivity index (χ2n) is 5.30. The minimum absolute atomic E-state index is 0.593. The molecule has 0 radical (unpaired) electrons. The molecular weight excluding hydrogens is 196 g/mol. The summed E-state index contributed by atoms with van der Waals surface area (Å²) in [6.07, 6.45) is 14.1. The number of hydrogen-bond donors (Lipinski definition) is 0. The van der Waals surface area contributed by atoms with Crippen LogP contribution in [-0.2, 0) is 4.74 Å². The summed E-state index contributed by atoms with van der Waals surface area (Å²) in [6, 6.07) is 0. The second-order valence-corrected chi connectivity index (χ2v) is 5.30. The van der Waals surface area contributed by atoms with Gasteiger partial charge in [0.1, 0.15) is 0 Å². The molecule has 1 fully saturated rings. The highest BCUT2D eigenvalue weighted by atomic mass is 16.5. The number of rotatable bonds is 10. The zero-order chi connectivity index (χ0) is 11.6. The van der Waals surface area contributed by atoms with Crippen LogP contribution in [-0.4, -0.2) is 12.7 Å². The molecule has 1 atom stereocenters. The first-order chi connectivity index (χ1) is 7.88. The van der Waals surface area contributed by atoms with E-state index in [4.69, 9.17) is 4.74 Å². The van der Waals surface area contributed by atoms with E-state index in [1.54, 1.807) is 0 Å². The molecule has 0 amide bonds. The Morgan fingerprint density at radius 1 is 1.00 bits per heavy atom. The van der Waals surface area contributed by atoms with Crippen molar-refractivity contribution in [3.63, 3.8) is 0 Å². The van der Waals surface area contributed by atoms with Crippen LogP contribution in [0.3, 0.4) is 0 Å². The van der Waals surface area contributed by atoms with Crippen molar-refractivity contribution in [2.75, 3.05) is 6.61 Å². The van der Waals surface area contributed by atoms with Gasteiger partial charge in [0.25, 0.3) is 0 Å². The van der Waals surface area contributed by atoms with Crippen molar-refractivity contribution in [2.24, 2.45) is 5.92 Å². The fourth-order valence-corrected chi connectivity index (χ4v) is 2.44. The zero-order valence-corrected chi connectivity index (χ0v) is 11.3. The van der Waals surface area contributed by atoms with Crippen molar-refractivity contribution in [1.29, 1.82) is 0 Å². The summed E-state index contributed by atoms with van der Waals surface area (Å²) in [4.78, 5) is 0. The van der Waals surface area contributed by atoms with Gasteiger partial charge in [0, 0.05) is 6.61 Å². The predicted octanol–water partition coefficient (Wildman–Crippen LogP) is 4.94. The molecule has 0 N–H and O–H groups in total. The molecule has 0 heterocycles. The lowest BCUT2D eigenvalue weighted by Gasteiger charge is -2.33. The van der Waals surface area contributed by atoms with E-state index in [0.29, 0.717) is 6.10 Å². The maximum atomic E-state index is 6.09. The lowest BCUT2D eigenvalue weighted by Crippen LogP contribution is -2.29. The van der Waals surface area contributed by atoms with Crippen LogP contribution in [0.2, 0.25) is 0 Å². The van der Waals surface area contributed by atoms with Gasteiger partial charge < -0.3 is 4.74 Å². The molecule has 0 saturated heterocycles. The van der Waals surface area contributed by atoms with E-state index in [1.807, 2.05) is 0 Å². The average molecular weight is 226 g/mol. The molecule has 0 spiro atoms. The molecule has 96 valence electrons. The lowest BCUT2D eigenvalue weighted by atomic mass is 9.79. The van der Waals surface area contributed by atoms with Gasteiger partial charge in [0.15, 0.2) is 0 Å². The van der Waals surface area contributed by atoms with Crippen LogP contribution in [0.15, 0.2) is 0 Å². The van der Waals surface area contributed by atoms with E-state index in [0.717, 1.165) is 12.5 Å². The summed E-state index contributed by atoms with van der Waals surface area (Å²) < 4.78 is 6.09. The van der Waals surface area contributed by atoms with Crippen LogP contribution in [0.1, 0.15) is 78.1 Å². The molecule has 0 aromatic rings. The summed E-state index contributed by atoms with van der Waals surface area (Å²) in [5.74, 6) is 0.901. The predicted molar refractivity (Wildman–Crippen MR) is 70.7 cm³/mol. The molecule has 0 aromatic heterocycles. The highest BCUT2D eigenvalue weighted by Gasteiger charge is 2.27. The first-order valence-electron chi connectivity index (χ1n) is 7.50. The monoisotopic (exact) mass is 226 g/mol. The summed E-state index contributed by atoms with van der Waals surface area (Å²) in [7, 11) is 0. The maximum absolute atomic E-state index is 6.09. The van der Waals surface area contributed by atoms with Gasteiger partial charge in [-0.05, 0) is 31.6 Å². The largest absolute Gasteiger partial charge is 0.378 e. The molecule has 1 heteroatoms. The summed E-state index contributed by atoms with van der Waals surface area (Å²) >= 11 is 0. The summed E-state index contributed by atoms with van der Waals surface area (Å²) in [6.45, 7) is 5.54. The van der Waals surface area contributed by atoms with Gasteiger partial charge in [-0.2, -0.15) is 0 Å². The number of unbranched alkanes of at least 4 members (excludes halogenated alkanes) is 4. The van der Waals surface area contributed by atoms with Crippen LogP contribution in [0.5, 0.6) is 0 Å². The van der Waals surface area contributed by atoms with E-state index < -0.39 is 0 Å². The Hall–Kier alpha value is -0.0400. The molecule has 1 saturated carbocycles. The van der Waals surface area contributed by atoms with Crippen LogP contribution in [0.25, 0.3) is 0 Å². The highest BCUT2D eigenvalue weighted by Crippen LogP contribution is 2.33. The zero-order valence-electron chi connectivity index (χ0n) is 11.3. The first-order valence-corrected chi connectivity index (χ1v) is 7.50. The fraction of sp³-hybridized carbons (Fsp3) is 1.00. The van der Waals surface area contributed by atoms with E-state index >= 15 is 0 Å². The lowest BCUT2D eigenvalue weighted by molar-refractivity contribution is -0.0211. The van der Waals surface area contributed by atoms with Crippen molar-refractivity contribution < 1.29 is 4.74 Å². The maximum Gasteiger partial charge on any atom is 0.0603 e. The van der Waals surface area contributed by atoms with E-state index in [2.05, 4.69) is 13.8 Å². The standard InChI is InChI=1S/C15H30O/c1-3-5-7-8-13-16-15(12-6-4-2)14-10-9-11-14/h14-15H,3-13H2,1-2H3. The Kier molecular flexibility index (Phi) is 7.92. The van der Waals surface area contributed by atoms with E-state index in [-0.39, 0.29) is 0 Å². The van der Waals surface area contributed by atoms with Gasteiger partial charge in [0.2, 0.25) is 0 Å². The second kappa shape index (κ2) is 9.04. The van der Waals surface area contributed by atoms with Gasteiger partial charge in [-0.25, -0.2) is 0 Å². The van der Waals surface area contributed by atoms with Crippen LogP contribution in [0, 0.1) is 5.92 Å². The van der Waals surface area contributed by atoms with Crippen molar-refractivity contribution in [3.05, 3.63) is 0 Å². The molecule has 1 unspecified atom stereocenters. The molecule has 0 bridgehead atoms. The third-order valence-corrected chi connectivity index (χ3v) is 3.85. The number of hydrogen-bond acceptors (Lipinski definition) is 1. The van der Waals surface area contributed by atoms with Crippen molar-refractivity contribution >= 4 is 0 Å².